The largest absolute Gasteiger partial charge is 0.393 e. The van der Waals surface area contributed by atoms with E-state index in [2.05, 4.69) is 0 Å². The number of rotatable bonds is 7. The minimum absolute atomic E-state index is 0.0699. The summed E-state index contributed by atoms with van der Waals surface area (Å²) in [6.45, 7) is 2.00. The van der Waals surface area contributed by atoms with Gasteiger partial charge in [-0.3, -0.25) is 0 Å². The van der Waals surface area contributed by atoms with Gasteiger partial charge in [0.2, 0.25) is 0 Å². The third kappa shape index (κ3) is 4.45. The molecule has 0 bridgehead atoms. The van der Waals surface area contributed by atoms with Gasteiger partial charge in [-0.05, 0) is 19.4 Å². The van der Waals surface area contributed by atoms with Crippen molar-refractivity contribution in [3.8, 4) is 0 Å². The number of hydrogen-bond donors (Lipinski definition) is 2. The number of halogens is 2. The van der Waals surface area contributed by atoms with Gasteiger partial charge in [0.15, 0.2) is 11.9 Å². The van der Waals surface area contributed by atoms with Crippen LogP contribution in [-0.2, 0) is 20.8 Å². The monoisotopic (exact) mass is 332 g/mol. The number of ether oxygens (including phenoxy) is 3. The van der Waals surface area contributed by atoms with Crippen LogP contribution in [-0.4, -0.2) is 53.4 Å². The Morgan fingerprint density at radius 3 is 2.52 bits per heavy atom. The van der Waals surface area contributed by atoms with E-state index in [0.717, 1.165) is 0 Å². The lowest BCUT2D eigenvalue weighted by Gasteiger charge is -2.33. The van der Waals surface area contributed by atoms with Gasteiger partial charge in [0.1, 0.15) is 12.2 Å². The van der Waals surface area contributed by atoms with Gasteiger partial charge in [-0.15, -0.1) is 0 Å². The fraction of sp³-hybridized carbons (Fsp3) is 0.625. The molecule has 1 aliphatic heterocycles. The summed E-state index contributed by atoms with van der Waals surface area (Å²) in [5, 5.41) is 18.4. The maximum absolute atomic E-state index is 14.4. The fourth-order valence-electron chi connectivity index (χ4n) is 2.40. The number of benzene rings is 1. The summed E-state index contributed by atoms with van der Waals surface area (Å²) in [6, 6.07) is 8.84. The molecule has 1 fully saturated rings. The predicted molar refractivity (Wildman–Crippen MR) is 78.0 cm³/mol. The lowest BCUT2D eigenvalue weighted by Crippen LogP contribution is -2.54. The molecule has 1 aliphatic rings. The summed E-state index contributed by atoms with van der Waals surface area (Å²) in [5.41, 5.74) is 0.713. The molecule has 23 heavy (non-hydrogen) atoms. The molecule has 0 spiro atoms. The molecule has 0 aliphatic carbocycles. The number of alkyl halides is 2. The highest BCUT2D eigenvalue weighted by Crippen LogP contribution is 2.35. The Morgan fingerprint density at radius 1 is 1.35 bits per heavy atom. The Morgan fingerprint density at radius 2 is 2.00 bits per heavy atom. The molecular weight excluding hydrogens is 310 g/mol. The van der Waals surface area contributed by atoms with Crippen molar-refractivity contribution in [3.05, 3.63) is 35.9 Å². The first-order valence-electron chi connectivity index (χ1n) is 7.40. The first-order valence-corrected chi connectivity index (χ1v) is 7.40. The van der Waals surface area contributed by atoms with Gasteiger partial charge in [-0.2, -0.15) is 0 Å². The zero-order valence-corrected chi connectivity index (χ0v) is 13.1. The van der Waals surface area contributed by atoms with E-state index in [4.69, 9.17) is 19.3 Å². The van der Waals surface area contributed by atoms with Crippen molar-refractivity contribution in [1.29, 1.82) is 0 Å². The predicted octanol–water partition coefficient (Wildman–Crippen LogP) is 1.71. The van der Waals surface area contributed by atoms with Crippen LogP contribution < -0.4 is 0 Å². The summed E-state index contributed by atoms with van der Waals surface area (Å²) >= 11 is 0. The number of aliphatic hydroxyl groups excluding tert-OH is 2. The van der Waals surface area contributed by atoms with Crippen molar-refractivity contribution in [2.45, 2.75) is 50.5 Å². The van der Waals surface area contributed by atoms with Crippen molar-refractivity contribution in [1.82, 2.24) is 0 Å². The molecular formula is C16H22F2O5. The van der Waals surface area contributed by atoms with Crippen LogP contribution in [0.5, 0.6) is 0 Å². The lowest BCUT2D eigenvalue weighted by molar-refractivity contribution is -0.242. The van der Waals surface area contributed by atoms with Crippen molar-refractivity contribution >= 4 is 0 Å². The molecule has 1 heterocycles. The fourth-order valence-corrected chi connectivity index (χ4v) is 2.40. The molecule has 0 radical (unpaired) electrons. The molecule has 3 atom stereocenters. The average molecular weight is 332 g/mol. The van der Waals surface area contributed by atoms with Crippen LogP contribution in [0.2, 0.25) is 0 Å². The van der Waals surface area contributed by atoms with E-state index in [1.165, 1.54) is 0 Å². The van der Waals surface area contributed by atoms with Gasteiger partial charge < -0.3 is 24.4 Å². The third-order valence-corrected chi connectivity index (χ3v) is 3.64. The average Bonchev–Trinajstić information content (AvgIpc) is 2.87. The van der Waals surface area contributed by atoms with Crippen LogP contribution >= 0.6 is 0 Å². The second-order valence-electron chi connectivity index (χ2n) is 5.96. The van der Waals surface area contributed by atoms with Gasteiger partial charge in [-0.1, -0.05) is 30.3 Å². The zero-order chi connectivity index (χ0) is 17.1. The Balaban J connectivity index is 2.14. The second-order valence-corrected chi connectivity index (χ2v) is 5.96. The van der Waals surface area contributed by atoms with Gasteiger partial charge in [-0.25, -0.2) is 8.78 Å². The molecule has 7 heteroatoms. The Kier molecular flexibility index (Phi) is 5.70. The van der Waals surface area contributed by atoms with Gasteiger partial charge >= 0.3 is 5.92 Å². The smallest absolute Gasteiger partial charge is 0.303 e. The molecule has 2 rings (SSSR count). The van der Waals surface area contributed by atoms with E-state index in [9.17, 15) is 13.9 Å². The lowest BCUT2D eigenvalue weighted by atomic mass is 10.0. The third-order valence-electron chi connectivity index (χ3n) is 3.64. The van der Waals surface area contributed by atoms with Crippen LogP contribution in [0, 0.1) is 0 Å². The molecule has 130 valence electrons. The highest BCUT2D eigenvalue weighted by atomic mass is 19.3. The van der Waals surface area contributed by atoms with E-state index in [1.54, 1.807) is 38.1 Å². The maximum atomic E-state index is 14.4. The maximum Gasteiger partial charge on any atom is 0.303 e. The van der Waals surface area contributed by atoms with E-state index < -0.39 is 36.6 Å². The van der Waals surface area contributed by atoms with Crippen LogP contribution in [0.3, 0.4) is 0 Å². The van der Waals surface area contributed by atoms with Crippen LogP contribution in [0.15, 0.2) is 30.3 Å². The van der Waals surface area contributed by atoms with Gasteiger partial charge in [0.05, 0.1) is 19.8 Å². The molecule has 0 aromatic heterocycles. The molecule has 1 unspecified atom stereocenters. The topological polar surface area (TPSA) is 68.2 Å². The van der Waals surface area contributed by atoms with E-state index >= 15 is 0 Å². The van der Waals surface area contributed by atoms with Crippen molar-refractivity contribution in [3.63, 3.8) is 0 Å². The van der Waals surface area contributed by atoms with Gasteiger partial charge in [0, 0.05) is 0 Å². The normalized spacial score (nSPS) is 23.7. The first kappa shape index (κ1) is 18.2. The molecule has 1 aromatic rings. The highest BCUT2D eigenvalue weighted by molar-refractivity contribution is 5.13. The molecule has 1 aromatic carbocycles. The van der Waals surface area contributed by atoms with Crippen molar-refractivity contribution < 1.29 is 33.2 Å². The first-order chi connectivity index (χ1) is 10.8. The molecule has 1 saturated heterocycles. The van der Waals surface area contributed by atoms with E-state index in [0.29, 0.717) is 5.56 Å². The minimum Gasteiger partial charge on any atom is -0.393 e. The summed E-state index contributed by atoms with van der Waals surface area (Å²) < 4.78 is 45.0. The van der Waals surface area contributed by atoms with E-state index in [1.807, 2.05) is 6.07 Å². The van der Waals surface area contributed by atoms with Gasteiger partial charge in [0.25, 0.3) is 0 Å². The minimum atomic E-state index is -3.68. The molecule has 5 nitrogen and oxygen atoms in total. The highest BCUT2D eigenvalue weighted by Gasteiger charge is 2.54. The Bertz CT molecular complexity index is 495. The van der Waals surface area contributed by atoms with Crippen molar-refractivity contribution in [2.75, 3.05) is 13.2 Å². The second kappa shape index (κ2) is 7.19. The quantitative estimate of drug-likeness (QED) is 0.796. The summed E-state index contributed by atoms with van der Waals surface area (Å²) in [6.07, 6.45) is -5.04. The standard InChI is InChI=1S/C16H22F2O5/c1-15(2)22-10-12(23-15)14(16(17,18)13(20)8-19)21-9-11-6-4-3-5-7-11/h3-7,12-14,19-20H,8-10H2,1-2H3/t12?,13-,14-/m1/s1. The number of aliphatic hydroxyl groups is 2. The molecule has 0 amide bonds. The Hall–Kier alpha value is -1.12. The van der Waals surface area contributed by atoms with Crippen LogP contribution in [0.1, 0.15) is 19.4 Å². The van der Waals surface area contributed by atoms with Crippen LogP contribution in [0.4, 0.5) is 8.78 Å². The zero-order valence-electron chi connectivity index (χ0n) is 13.1. The van der Waals surface area contributed by atoms with Crippen molar-refractivity contribution in [2.24, 2.45) is 0 Å². The van der Waals surface area contributed by atoms with E-state index in [-0.39, 0.29) is 13.2 Å². The molecule has 0 saturated carbocycles. The summed E-state index contributed by atoms with van der Waals surface area (Å²) in [7, 11) is 0. The number of hydrogen-bond acceptors (Lipinski definition) is 5. The van der Waals surface area contributed by atoms with Crippen LogP contribution in [0.25, 0.3) is 0 Å². The SMILES string of the molecule is CC1(C)OCC([C@@H](OCc2ccccc2)C(F)(F)[C@H](O)CO)O1. The Labute approximate surface area is 133 Å². The summed E-state index contributed by atoms with van der Waals surface area (Å²) in [4.78, 5) is 0. The summed E-state index contributed by atoms with van der Waals surface area (Å²) in [5.74, 6) is -4.68. The molecule has 2 N–H and O–H groups in total.